The van der Waals surface area contributed by atoms with E-state index in [2.05, 4.69) is 13.2 Å². The first-order valence-corrected chi connectivity index (χ1v) is 0.500. The summed E-state index contributed by atoms with van der Waals surface area (Å²) >= 11 is 0. The molecule has 15 valence electrons. The molecular weight excluding hydrogens is 141 g/mol. The Morgan fingerprint density at radius 1 is 0.600 bits per heavy atom. The number of rotatable bonds is 0. The van der Waals surface area contributed by atoms with E-state index >= 15 is 0 Å². The van der Waals surface area contributed by atoms with Crippen LogP contribution in [0.5, 0.6) is 0 Å². The zero-order chi connectivity index (χ0) is 2.00. The average Bonchev–Trinajstić information content (AvgIpc) is 1.00. The van der Waals surface area contributed by atoms with Crippen LogP contribution in [0.25, 0.3) is 0 Å². The van der Waals surface area contributed by atoms with Crippen LogP contribution in [0.2, 0.25) is 0 Å². The van der Waals surface area contributed by atoms with Crippen LogP contribution in [-0.4, -0.2) is 154 Å². The molecule has 0 N–H and O–H groups in total. The molecule has 0 nitrogen and oxygen atoms in total. The van der Waals surface area contributed by atoms with E-state index in [1.165, 1.54) is 0 Å². The van der Waals surface area contributed by atoms with Crippen molar-refractivity contribution in [3.05, 3.63) is 13.2 Å². The predicted molar refractivity (Wildman–Crippen MR) is 28.5 cm³/mol. The van der Waals surface area contributed by atoms with Crippen molar-refractivity contribution in [1.82, 2.24) is 0 Å². The summed E-state index contributed by atoms with van der Waals surface area (Å²) in [5.41, 5.74) is 0. The van der Waals surface area contributed by atoms with Gasteiger partial charge in [0.05, 0.1) is 0 Å². The molecule has 0 amide bonds. The molecular formula is C2H4K3. The van der Waals surface area contributed by atoms with Gasteiger partial charge in [0, 0.05) is 154 Å². The minimum absolute atomic E-state index is 0. The zero-order valence-electron chi connectivity index (χ0n) is 4.41. The Bertz CT molecular complexity index is 4.85. The molecule has 0 spiro atoms. The van der Waals surface area contributed by atoms with Crippen LogP contribution < -0.4 is 0 Å². The van der Waals surface area contributed by atoms with E-state index < -0.39 is 0 Å². The molecule has 0 atom stereocenters. The molecule has 0 unspecified atom stereocenters. The Hall–Kier alpha value is 4.65. The third kappa shape index (κ3) is 17.7. The van der Waals surface area contributed by atoms with Crippen molar-refractivity contribution in [2.45, 2.75) is 0 Å². The Kier molecular flexibility index (Phi) is 106. The van der Waals surface area contributed by atoms with Crippen LogP contribution in [0.4, 0.5) is 0 Å². The maximum Gasteiger partial charge on any atom is 0 e. The quantitative estimate of drug-likeness (QED) is 0.323. The Morgan fingerprint density at radius 3 is 0.600 bits per heavy atom. The average molecular weight is 145 g/mol. The smallest absolute Gasteiger partial charge is 0 e. The molecule has 0 aromatic heterocycles. The second kappa shape index (κ2) is 23.4. The first-order valence-electron chi connectivity index (χ1n) is 0.500. The van der Waals surface area contributed by atoms with Gasteiger partial charge in [-0.15, -0.1) is 13.2 Å². The summed E-state index contributed by atoms with van der Waals surface area (Å²) in [5, 5.41) is 0. The Balaban J connectivity index is -0.00000000167. The SMILES string of the molecule is C=C.[K].[K].[K]. The van der Waals surface area contributed by atoms with Gasteiger partial charge in [-0.2, -0.15) is 0 Å². The summed E-state index contributed by atoms with van der Waals surface area (Å²) < 4.78 is 0. The van der Waals surface area contributed by atoms with Crippen LogP contribution in [0.3, 0.4) is 0 Å². The molecule has 3 radical (unpaired) electrons. The largest absolute Gasteiger partial charge is 0.106 e. The molecule has 0 saturated heterocycles. The molecule has 0 aromatic rings. The van der Waals surface area contributed by atoms with E-state index in [0.717, 1.165) is 0 Å². The van der Waals surface area contributed by atoms with Crippen molar-refractivity contribution in [3.8, 4) is 0 Å². The fourth-order valence-electron chi connectivity index (χ4n) is 0. The van der Waals surface area contributed by atoms with E-state index in [0.29, 0.717) is 0 Å². The monoisotopic (exact) mass is 145 g/mol. The Labute approximate surface area is 161 Å². The van der Waals surface area contributed by atoms with Crippen molar-refractivity contribution < 1.29 is 0 Å². The molecule has 3 heteroatoms. The van der Waals surface area contributed by atoms with Crippen molar-refractivity contribution >= 4 is 154 Å². The van der Waals surface area contributed by atoms with Gasteiger partial charge < -0.3 is 0 Å². The van der Waals surface area contributed by atoms with E-state index in [4.69, 9.17) is 0 Å². The predicted octanol–water partition coefficient (Wildman–Crippen LogP) is -0.340. The van der Waals surface area contributed by atoms with Gasteiger partial charge in [-0.1, -0.05) is 0 Å². The minimum atomic E-state index is 0. The summed E-state index contributed by atoms with van der Waals surface area (Å²) in [5.74, 6) is 0. The van der Waals surface area contributed by atoms with Crippen LogP contribution in [0, 0.1) is 0 Å². The molecule has 0 bridgehead atoms. The van der Waals surface area contributed by atoms with Crippen LogP contribution in [-0.2, 0) is 0 Å². The van der Waals surface area contributed by atoms with Gasteiger partial charge in [0.15, 0.2) is 0 Å². The summed E-state index contributed by atoms with van der Waals surface area (Å²) in [6.07, 6.45) is 0. The molecule has 0 saturated carbocycles. The second-order valence-corrected chi connectivity index (χ2v) is 0. The van der Waals surface area contributed by atoms with Gasteiger partial charge in [0.1, 0.15) is 0 Å². The van der Waals surface area contributed by atoms with Crippen molar-refractivity contribution in [1.29, 1.82) is 0 Å². The molecule has 0 fully saturated rings. The van der Waals surface area contributed by atoms with Gasteiger partial charge in [-0.25, -0.2) is 0 Å². The van der Waals surface area contributed by atoms with Crippen LogP contribution in [0.15, 0.2) is 13.2 Å². The minimum Gasteiger partial charge on any atom is -0.106 e. The summed E-state index contributed by atoms with van der Waals surface area (Å²) in [6.45, 7) is 6.00. The van der Waals surface area contributed by atoms with Gasteiger partial charge in [-0.3, -0.25) is 0 Å². The van der Waals surface area contributed by atoms with Gasteiger partial charge in [0.25, 0.3) is 0 Å². The van der Waals surface area contributed by atoms with E-state index in [-0.39, 0.29) is 154 Å². The molecule has 0 rings (SSSR count). The third-order valence-corrected chi connectivity index (χ3v) is 0. The van der Waals surface area contributed by atoms with Gasteiger partial charge >= 0.3 is 0 Å². The summed E-state index contributed by atoms with van der Waals surface area (Å²) in [4.78, 5) is 0. The first kappa shape index (κ1) is 22.6. The number of hydrogen-bond donors (Lipinski definition) is 0. The number of hydrogen-bond acceptors (Lipinski definition) is 0. The normalized spacial score (nSPS) is 0.800. The maximum absolute atomic E-state index is 3.00. The topological polar surface area (TPSA) is 0 Å². The van der Waals surface area contributed by atoms with E-state index in [1.807, 2.05) is 0 Å². The molecule has 0 aliphatic rings. The fraction of sp³-hybridized carbons (Fsp3) is 0. The molecule has 5 heavy (non-hydrogen) atoms. The van der Waals surface area contributed by atoms with Crippen molar-refractivity contribution in [2.24, 2.45) is 0 Å². The van der Waals surface area contributed by atoms with E-state index in [9.17, 15) is 0 Å². The second-order valence-electron chi connectivity index (χ2n) is 0. The standard InChI is InChI=1S/C2H4.3K/c1-2;;;/h1-2H2;;;. The molecule has 0 aromatic carbocycles. The van der Waals surface area contributed by atoms with Gasteiger partial charge in [-0.05, 0) is 0 Å². The fourth-order valence-corrected chi connectivity index (χ4v) is 0. The first-order chi connectivity index (χ1) is 1.00. The molecule has 0 heterocycles. The van der Waals surface area contributed by atoms with Crippen LogP contribution in [0.1, 0.15) is 0 Å². The van der Waals surface area contributed by atoms with Gasteiger partial charge in [0.2, 0.25) is 0 Å². The van der Waals surface area contributed by atoms with Crippen LogP contribution >= 0.6 is 0 Å². The summed E-state index contributed by atoms with van der Waals surface area (Å²) in [7, 11) is 0. The maximum atomic E-state index is 3.00. The third-order valence-electron chi connectivity index (χ3n) is 0. The van der Waals surface area contributed by atoms with E-state index in [1.54, 1.807) is 0 Å². The zero-order valence-corrected chi connectivity index (χ0v) is 13.8. The summed E-state index contributed by atoms with van der Waals surface area (Å²) in [6, 6.07) is 0. The molecule has 0 aliphatic heterocycles. The van der Waals surface area contributed by atoms with Crippen molar-refractivity contribution in [3.63, 3.8) is 0 Å². The Morgan fingerprint density at radius 2 is 0.600 bits per heavy atom. The van der Waals surface area contributed by atoms with Crippen molar-refractivity contribution in [2.75, 3.05) is 0 Å². The molecule has 0 aliphatic carbocycles.